The first-order chi connectivity index (χ1) is 10.1. The monoisotopic (exact) mass is 292 g/mol. The van der Waals surface area contributed by atoms with Crippen molar-refractivity contribution in [1.82, 2.24) is 15.1 Å². The van der Waals surface area contributed by atoms with Gasteiger partial charge in [0, 0.05) is 12.5 Å². The molecule has 21 heavy (non-hydrogen) atoms. The number of hydrogen-bond donors (Lipinski definition) is 2. The lowest BCUT2D eigenvalue weighted by Crippen LogP contribution is -2.48. The molecule has 1 aromatic heterocycles. The molecule has 1 aliphatic heterocycles. The highest BCUT2D eigenvalue weighted by Gasteiger charge is 2.37. The minimum atomic E-state index is -0.531. The Bertz CT molecular complexity index is 565. The molecule has 0 aromatic carbocycles. The minimum absolute atomic E-state index is 0.229. The lowest BCUT2D eigenvalue weighted by molar-refractivity contribution is -0.147. The van der Waals surface area contributed by atoms with Crippen molar-refractivity contribution in [1.29, 1.82) is 0 Å². The second kappa shape index (κ2) is 5.38. The van der Waals surface area contributed by atoms with Gasteiger partial charge in [-0.05, 0) is 32.1 Å². The van der Waals surface area contributed by atoms with E-state index in [1.54, 1.807) is 4.90 Å². The van der Waals surface area contributed by atoms with Gasteiger partial charge in [0.05, 0.1) is 18.5 Å². The molecule has 2 heterocycles. The Balaban J connectivity index is 1.84. The number of methoxy groups -OCH3 is 1. The molecule has 3 rings (SSSR count). The number of carbonyl (C=O) groups excluding carboxylic acids is 2. The Morgan fingerprint density at radius 1 is 1.33 bits per heavy atom. The van der Waals surface area contributed by atoms with Crippen LogP contribution in [0, 0.1) is 0 Å². The van der Waals surface area contributed by atoms with E-state index in [1.807, 2.05) is 0 Å². The quantitative estimate of drug-likeness (QED) is 0.810. The summed E-state index contributed by atoms with van der Waals surface area (Å²) in [6.07, 6.45) is 4.56. The number of nitrogen functional groups attached to an aromatic ring is 1. The van der Waals surface area contributed by atoms with Crippen LogP contribution in [0.25, 0.3) is 0 Å². The number of nitrogens with one attached hydrogen (secondary N) is 1. The normalized spacial score (nSPS) is 22.1. The van der Waals surface area contributed by atoms with Crippen LogP contribution >= 0.6 is 0 Å². The third kappa shape index (κ3) is 2.48. The van der Waals surface area contributed by atoms with Gasteiger partial charge in [-0.3, -0.25) is 9.89 Å². The molecule has 114 valence electrons. The molecule has 2 fully saturated rings. The Labute approximate surface area is 122 Å². The molecule has 7 nitrogen and oxygen atoms in total. The number of ether oxygens (including phenoxy) is 1. The van der Waals surface area contributed by atoms with Gasteiger partial charge in [0.1, 0.15) is 6.04 Å². The van der Waals surface area contributed by atoms with E-state index in [1.165, 1.54) is 7.11 Å². The lowest BCUT2D eigenvalue weighted by Gasteiger charge is -2.33. The van der Waals surface area contributed by atoms with E-state index >= 15 is 0 Å². The number of nitrogens with zero attached hydrogens (tertiary/aromatic N) is 2. The van der Waals surface area contributed by atoms with Gasteiger partial charge < -0.3 is 15.4 Å². The molecule has 0 radical (unpaired) electrons. The summed E-state index contributed by atoms with van der Waals surface area (Å²) in [5.74, 6) is -0.262. The van der Waals surface area contributed by atoms with Crippen molar-refractivity contribution in [2.24, 2.45) is 0 Å². The maximum Gasteiger partial charge on any atom is 0.328 e. The number of amides is 1. The summed E-state index contributed by atoms with van der Waals surface area (Å²) >= 11 is 0. The summed E-state index contributed by atoms with van der Waals surface area (Å²) < 4.78 is 4.80. The molecule has 1 unspecified atom stereocenters. The lowest BCUT2D eigenvalue weighted by atomic mass is 10.0. The van der Waals surface area contributed by atoms with Crippen molar-refractivity contribution in [3.63, 3.8) is 0 Å². The van der Waals surface area contributed by atoms with E-state index in [0.29, 0.717) is 24.6 Å². The van der Waals surface area contributed by atoms with Crippen LogP contribution in [0.4, 0.5) is 5.69 Å². The van der Waals surface area contributed by atoms with Crippen molar-refractivity contribution in [2.45, 2.75) is 44.1 Å². The number of likely N-dealkylation sites (tertiary alicyclic amines) is 1. The first-order valence-electron chi connectivity index (χ1n) is 7.36. The van der Waals surface area contributed by atoms with Gasteiger partial charge in [0.2, 0.25) is 0 Å². The number of aromatic nitrogens is 2. The summed E-state index contributed by atoms with van der Waals surface area (Å²) in [7, 11) is 1.34. The topological polar surface area (TPSA) is 101 Å². The van der Waals surface area contributed by atoms with Gasteiger partial charge >= 0.3 is 5.97 Å². The number of nitrogens with two attached hydrogens (primary N) is 1. The predicted octanol–water partition coefficient (Wildman–Crippen LogP) is 1.04. The fraction of sp³-hybridized carbons (Fsp3) is 0.643. The molecule has 1 aromatic rings. The summed E-state index contributed by atoms with van der Waals surface area (Å²) in [5.41, 5.74) is 7.56. The van der Waals surface area contributed by atoms with Gasteiger partial charge in [-0.1, -0.05) is 0 Å². The number of esters is 1. The Morgan fingerprint density at radius 2 is 2.10 bits per heavy atom. The van der Waals surface area contributed by atoms with Gasteiger partial charge in [0.15, 0.2) is 5.69 Å². The fourth-order valence-corrected chi connectivity index (χ4v) is 2.90. The van der Waals surface area contributed by atoms with Crippen LogP contribution in [0.1, 0.15) is 54.2 Å². The summed E-state index contributed by atoms with van der Waals surface area (Å²) in [6, 6.07) is -0.531. The highest BCUT2D eigenvalue weighted by molar-refractivity contribution is 5.99. The first-order valence-corrected chi connectivity index (χ1v) is 7.36. The van der Waals surface area contributed by atoms with E-state index in [2.05, 4.69) is 10.2 Å². The molecule has 1 aliphatic carbocycles. The molecular weight excluding hydrogens is 272 g/mol. The molecule has 0 spiro atoms. The zero-order valence-corrected chi connectivity index (χ0v) is 12.1. The molecule has 1 atom stereocenters. The third-order valence-electron chi connectivity index (χ3n) is 4.26. The molecule has 7 heteroatoms. The predicted molar refractivity (Wildman–Crippen MR) is 75.7 cm³/mol. The largest absolute Gasteiger partial charge is 0.467 e. The third-order valence-corrected chi connectivity index (χ3v) is 4.26. The van der Waals surface area contributed by atoms with Gasteiger partial charge in [-0.25, -0.2) is 4.79 Å². The maximum atomic E-state index is 12.7. The van der Waals surface area contributed by atoms with Crippen molar-refractivity contribution in [3.05, 3.63) is 11.4 Å². The smallest absolute Gasteiger partial charge is 0.328 e. The number of carbonyl (C=O) groups is 2. The average molecular weight is 292 g/mol. The van der Waals surface area contributed by atoms with Crippen LogP contribution in [0.3, 0.4) is 0 Å². The zero-order chi connectivity index (χ0) is 15.0. The van der Waals surface area contributed by atoms with E-state index in [9.17, 15) is 9.59 Å². The van der Waals surface area contributed by atoms with Crippen molar-refractivity contribution >= 4 is 17.6 Å². The first kappa shape index (κ1) is 13.9. The van der Waals surface area contributed by atoms with Gasteiger partial charge in [0.25, 0.3) is 5.91 Å². The van der Waals surface area contributed by atoms with E-state index in [0.717, 1.165) is 31.4 Å². The number of aromatic amines is 1. The standard InChI is InChI=1S/C14H20N4O3/c1-21-14(20)9-4-2-3-7-18(9)13(19)12-10(15)11(16-17-12)8-5-6-8/h8-9H,2-7,15H2,1H3,(H,16,17). The SMILES string of the molecule is COC(=O)C1CCCCN1C(=O)c1n[nH]c(C2CC2)c1N. The van der Waals surface area contributed by atoms with Crippen LogP contribution in [-0.2, 0) is 9.53 Å². The number of rotatable bonds is 3. The van der Waals surface area contributed by atoms with Crippen LogP contribution in [0.15, 0.2) is 0 Å². The second-order valence-electron chi connectivity index (χ2n) is 5.71. The summed E-state index contributed by atoms with van der Waals surface area (Å²) in [6.45, 7) is 0.531. The molecule has 2 aliphatic rings. The fourth-order valence-electron chi connectivity index (χ4n) is 2.90. The molecule has 1 amide bonds. The molecular formula is C14H20N4O3. The van der Waals surface area contributed by atoms with Crippen LogP contribution < -0.4 is 5.73 Å². The van der Waals surface area contributed by atoms with Gasteiger partial charge in [-0.2, -0.15) is 5.10 Å². The van der Waals surface area contributed by atoms with E-state index in [-0.39, 0.29) is 17.6 Å². The molecule has 0 bridgehead atoms. The van der Waals surface area contributed by atoms with Gasteiger partial charge in [-0.15, -0.1) is 0 Å². The Kier molecular flexibility index (Phi) is 3.57. The van der Waals surface area contributed by atoms with Crippen molar-refractivity contribution in [3.8, 4) is 0 Å². The van der Waals surface area contributed by atoms with E-state index in [4.69, 9.17) is 10.5 Å². The van der Waals surface area contributed by atoms with Crippen molar-refractivity contribution < 1.29 is 14.3 Å². The average Bonchev–Trinajstić information content (AvgIpc) is 3.28. The second-order valence-corrected chi connectivity index (χ2v) is 5.71. The number of H-pyrrole nitrogens is 1. The molecule has 1 saturated carbocycles. The summed E-state index contributed by atoms with van der Waals surface area (Å²) in [5, 5.41) is 6.95. The number of piperidine rings is 1. The Morgan fingerprint density at radius 3 is 2.76 bits per heavy atom. The highest BCUT2D eigenvalue weighted by atomic mass is 16.5. The van der Waals surface area contributed by atoms with Crippen LogP contribution in [0.5, 0.6) is 0 Å². The zero-order valence-electron chi connectivity index (χ0n) is 12.1. The molecule has 3 N–H and O–H groups in total. The molecule has 1 saturated heterocycles. The Hall–Kier alpha value is -2.05. The minimum Gasteiger partial charge on any atom is -0.467 e. The van der Waals surface area contributed by atoms with Crippen LogP contribution in [0.2, 0.25) is 0 Å². The summed E-state index contributed by atoms with van der Waals surface area (Å²) in [4.78, 5) is 26.0. The number of hydrogen-bond acceptors (Lipinski definition) is 5. The van der Waals surface area contributed by atoms with Crippen molar-refractivity contribution in [2.75, 3.05) is 19.4 Å². The number of anilines is 1. The van der Waals surface area contributed by atoms with Crippen LogP contribution in [-0.4, -0.2) is 46.7 Å². The maximum absolute atomic E-state index is 12.7. The highest BCUT2D eigenvalue weighted by Crippen LogP contribution is 2.42. The van der Waals surface area contributed by atoms with E-state index < -0.39 is 6.04 Å².